The minimum atomic E-state index is 0.0516. The molecule has 1 saturated carbocycles. The molecule has 4 heteroatoms. The second-order valence-electron chi connectivity index (χ2n) is 6.72. The summed E-state index contributed by atoms with van der Waals surface area (Å²) in [5.41, 5.74) is 0.0516. The van der Waals surface area contributed by atoms with Crippen LogP contribution in [0.25, 0.3) is 0 Å². The van der Waals surface area contributed by atoms with Gasteiger partial charge in [-0.1, -0.05) is 12.8 Å². The van der Waals surface area contributed by atoms with Crippen molar-refractivity contribution in [2.75, 3.05) is 32.6 Å². The lowest BCUT2D eigenvalue weighted by atomic mass is 9.81. The maximum Gasteiger partial charge on any atom is 0.0939 e. The standard InChI is InChI=1S/C16H29NO2S/c1-17-15(11-20-14-4-2-3-5-14)13-6-8-19-16(10-13)7-9-18-12-16/h13-15,17H,2-12H2,1H3. The van der Waals surface area contributed by atoms with E-state index in [1.807, 2.05) is 0 Å². The van der Waals surface area contributed by atoms with Crippen molar-refractivity contribution in [1.29, 1.82) is 0 Å². The summed E-state index contributed by atoms with van der Waals surface area (Å²) in [4.78, 5) is 0. The lowest BCUT2D eigenvalue weighted by Crippen LogP contribution is -2.47. The molecule has 1 N–H and O–H groups in total. The number of nitrogens with one attached hydrogen (secondary N) is 1. The zero-order valence-electron chi connectivity index (χ0n) is 12.7. The summed E-state index contributed by atoms with van der Waals surface area (Å²) in [7, 11) is 2.13. The maximum atomic E-state index is 6.07. The van der Waals surface area contributed by atoms with Crippen LogP contribution in [0.5, 0.6) is 0 Å². The van der Waals surface area contributed by atoms with Crippen molar-refractivity contribution < 1.29 is 9.47 Å². The number of hydrogen-bond acceptors (Lipinski definition) is 4. The van der Waals surface area contributed by atoms with Gasteiger partial charge in [0, 0.05) is 36.7 Å². The minimum Gasteiger partial charge on any atom is -0.378 e. The van der Waals surface area contributed by atoms with E-state index in [2.05, 4.69) is 24.1 Å². The van der Waals surface area contributed by atoms with Crippen molar-refractivity contribution in [1.82, 2.24) is 5.32 Å². The zero-order valence-corrected chi connectivity index (χ0v) is 13.6. The third-order valence-corrected chi connectivity index (χ3v) is 6.85. The number of hydrogen-bond donors (Lipinski definition) is 1. The zero-order chi connectivity index (χ0) is 13.8. The van der Waals surface area contributed by atoms with Gasteiger partial charge in [-0.15, -0.1) is 0 Å². The van der Waals surface area contributed by atoms with E-state index < -0.39 is 0 Å². The molecule has 0 bridgehead atoms. The van der Waals surface area contributed by atoms with E-state index in [1.165, 1.54) is 44.3 Å². The van der Waals surface area contributed by atoms with E-state index in [0.29, 0.717) is 6.04 Å². The van der Waals surface area contributed by atoms with Crippen LogP contribution in [0.1, 0.15) is 44.9 Å². The van der Waals surface area contributed by atoms with Crippen LogP contribution in [-0.4, -0.2) is 49.5 Å². The first kappa shape index (κ1) is 15.1. The molecule has 2 aliphatic heterocycles. The van der Waals surface area contributed by atoms with Crippen LogP contribution < -0.4 is 5.32 Å². The van der Waals surface area contributed by atoms with Gasteiger partial charge < -0.3 is 14.8 Å². The molecule has 0 aromatic heterocycles. The van der Waals surface area contributed by atoms with Crippen LogP contribution in [0.2, 0.25) is 0 Å². The summed E-state index contributed by atoms with van der Waals surface area (Å²) in [5.74, 6) is 2.02. The number of ether oxygens (including phenoxy) is 2. The molecule has 0 aromatic rings. The maximum absolute atomic E-state index is 6.07. The number of thioether (sulfide) groups is 1. The third kappa shape index (κ3) is 3.52. The predicted molar refractivity (Wildman–Crippen MR) is 84.4 cm³/mol. The molecule has 2 saturated heterocycles. The second-order valence-corrected chi connectivity index (χ2v) is 8.06. The van der Waals surface area contributed by atoms with Crippen LogP contribution in [-0.2, 0) is 9.47 Å². The highest BCUT2D eigenvalue weighted by atomic mass is 32.2. The predicted octanol–water partition coefficient (Wildman–Crippen LogP) is 2.84. The highest BCUT2D eigenvalue weighted by Crippen LogP contribution is 2.38. The normalized spacial score (nSPS) is 36.8. The van der Waals surface area contributed by atoms with Gasteiger partial charge in [0.2, 0.25) is 0 Å². The van der Waals surface area contributed by atoms with Crippen molar-refractivity contribution in [3.8, 4) is 0 Å². The summed E-state index contributed by atoms with van der Waals surface area (Å²) in [5, 5.41) is 4.51. The molecule has 0 radical (unpaired) electrons. The molecule has 3 atom stereocenters. The fourth-order valence-corrected chi connectivity index (χ4v) is 5.61. The molecule has 3 aliphatic rings. The summed E-state index contributed by atoms with van der Waals surface area (Å²) in [6.45, 7) is 2.61. The average molecular weight is 299 g/mol. The van der Waals surface area contributed by atoms with Crippen LogP contribution in [0.3, 0.4) is 0 Å². The Bertz CT molecular complexity index is 301. The first-order chi connectivity index (χ1) is 9.81. The van der Waals surface area contributed by atoms with Gasteiger partial charge in [-0.2, -0.15) is 11.8 Å². The van der Waals surface area contributed by atoms with Crippen LogP contribution in [0.4, 0.5) is 0 Å². The van der Waals surface area contributed by atoms with Gasteiger partial charge in [-0.05, 0) is 38.6 Å². The van der Waals surface area contributed by atoms with Gasteiger partial charge in [-0.25, -0.2) is 0 Å². The Balaban J connectivity index is 1.51. The summed E-state index contributed by atoms with van der Waals surface area (Å²) in [6, 6.07) is 0.641. The molecule has 20 heavy (non-hydrogen) atoms. The third-order valence-electron chi connectivity index (χ3n) is 5.35. The average Bonchev–Trinajstić information content (AvgIpc) is 3.12. The van der Waals surface area contributed by atoms with Gasteiger partial charge in [0.1, 0.15) is 0 Å². The first-order valence-electron chi connectivity index (χ1n) is 8.32. The van der Waals surface area contributed by atoms with Crippen molar-refractivity contribution >= 4 is 11.8 Å². The molecule has 3 nitrogen and oxygen atoms in total. The van der Waals surface area contributed by atoms with Crippen molar-refractivity contribution in [3.63, 3.8) is 0 Å². The highest BCUT2D eigenvalue weighted by Gasteiger charge is 2.42. The van der Waals surface area contributed by atoms with Gasteiger partial charge in [0.25, 0.3) is 0 Å². The van der Waals surface area contributed by atoms with Crippen LogP contribution >= 0.6 is 11.8 Å². The van der Waals surface area contributed by atoms with Crippen molar-refractivity contribution in [2.45, 2.75) is 61.8 Å². The smallest absolute Gasteiger partial charge is 0.0939 e. The van der Waals surface area contributed by atoms with E-state index in [0.717, 1.165) is 37.4 Å². The molecule has 3 unspecified atom stereocenters. The second kappa shape index (κ2) is 6.99. The van der Waals surface area contributed by atoms with Crippen molar-refractivity contribution in [3.05, 3.63) is 0 Å². The van der Waals surface area contributed by atoms with E-state index in [9.17, 15) is 0 Å². The van der Waals surface area contributed by atoms with Crippen LogP contribution in [0, 0.1) is 5.92 Å². The Labute approximate surface area is 127 Å². The molecule has 1 aliphatic carbocycles. The van der Waals surface area contributed by atoms with Gasteiger partial charge in [-0.3, -0.25) is 0 Å². The Kier molecular flexibility index (Phi) is 5.29. The molecule has 3 rings (SSSR count). The fourth-order valence-electron chi connectivity index (χ4n) is 4.02. The van der Waals surface area contributed by atoms with Gasteiger partial charge in [0.05, 0.1) is 12.2 Å². The summed E-state index contributed by atoms with van der Waals surface area (Å²) < 4.78 is 11.7. The Morgan fingerprint density at radius 1 is 1.25 bits per heavy atom. The molecule has 2 heterocycles. The van der Waals surface area contributed by atoms with E-state index in [-0.39, 0.29) is 5.60 Å². The summed E-state index contributed by atoms with van der Waals surface area (Å²) >= 11 is 2.21. The van der Waals surface area contributed by atoms with Gasteiger partial charge >= 0.3 is 0 Å². The molecular weight excluding hydrogens is 270 g/mol. The highest BCUT2D eigenvalue weighted by molar-refractivity contribution is 7.99. The SMILES string of the molecule is CNC(CSC1CCCC1)C1CCOC2(CCOC2)C1. The minimum absolute atomic E-state index is 0.0516. The fraction of sp³-hybridized carbons (Fsp3) is 1.00. The van der Waals surface area contributed by atoms with Crippen LogP contribution in [0.15, 0.2) is 0 Å². The quantitative estimate of drug-likeness (QED) is 0.845. The van der Waals surface area contributed by atoms with E-state index >= 15 is 0 Å². The molecule has 116 valence electrons. The molecule has 0 aromatic carbocycles. The Morgan fingerprint density at radius 2 is 2.10 bits per heavy atom. The Hall–Kier alpha value is 0.230. The lowest BCUT2D eigenvalue weighted by molar-refractivity contribution is -0.101. The largest absolute Gasteiger partial charge is 0.378 e. The molecular formula is C16H29NO2S. The number of rotatable bonds is 5. The lowest BCUT2D eigenvalue weighted by Gasteiger charge is -2.40. The molecule has 1 spiro atoms. The van der Waals surface area contributed by atoms with Crippen molar-refractivity contribution in [2.24, 2.45) is 5.92 Å². The Morgan fingerprint density at radius 3 is 2.80 bits per heavy atom. The van der Waals surface area contributed by atoms with Gasteiger partial charge in [0.15, 0.2) is 0 Å². The van der Waals surface area contributed by atoms with E-state index in [1.54, 1.807) is 0 Å². The molecule has 0 amide bonds. The molecule has 3 fully saturated rings. The van der Waals surface area contributed by atoms with E-state index in [4.69, 9.17) is 9.47 Å². The summed E-state index contributed by atoms with van der Waals surface area (Å²) in [6.07, 6.45) is 9.25. The monoisotopic (exact) mass is 299 g/mol. The topological polar surface area (TPSA) is 30.5 Å². The first-order valence-corrected chi connectivity index (χ1v) is 9.37.